The molecule has 0 N–H and O–H groups in total. The first-order valence-corrected chi connectivity index (χ1v) is 11.6. The van der Waals surface area contributed by atoms with E-state index in [1.54, 1.807) is 17.8 Å². The molecule has 2 aromatic carbocycles. The fraction of sp³-hybridized carbons (Fsp3) is 0.375. The summed E-state index contributed by atoms with van der Waals surface area (Å²) in [7, 11) is 0. The fourth-order valence-corrected chi connectivity index (χ4v) is 4.99. The average Bonchev–Trinajstić information content (AvgIpc) is 2.93. The first kappa shape index (κ1) is 20.7. The van der Waals surface area contributed by atoms with E-state index in [0.717, 1.165) is 36.3 Å². The lowest BCUT2D eigenvalue weighted by atomic mass is 10.1. The molecule has 1 aromatic heterocycles. The highest BCUT2D eigenvalue weighted by Crippen LogP contribution is 2.38. The van der Waals surface area contributed by atoms with Crippen molar-refractivity contribution in [3.05, 3.63) is 64.6 Å². The van der Waals surface area contributed by atoms with E-state index >= 15 is 0 Å². The number of anilines is 1. The van der Waals surface area contributed by atoms with Gasteiger partial charge in [0, 0.05) is 28.6 Å². The summed E-state index contributed by atoms with van der Waals surface area (Å²) in [5.41, 5.74) is 1.15. The van der Waals surface area contributed by atoms with Crippen molar-refractivity contribution in [1.82, 2.24) is 9.78 Å². The summed E-state index contributed by atoms with van der Waals surface area (Å²) < 4.78 is 1.48. The third kappa shape index (κ3) is 4.01. The lowest BCUT2D eigenvalue weighted by Crippen LogP contribution is -2.35. The minimum absolute atomic E-state index is 0.126. The Labute approximate surface area is 181 Å². The highest BCUT2D eigenvalue weighted by atomic mass is 32.2. The number of thioether (sulfide) groups is 1. The standard InChI is InChI=1S/C24H27N3O2S/c1-3-4-9-15-27-23(28)19-11-6-5-10-18(19)22(25-27)24(29)26-16-14-17(2)30-21-13-8-7-12-20(21)26/h5-8,10-13,17H,3-4,9,14-16H2,1-2H3. The Hall–Kier alpha value is -2.60. The number of rotatable bonds is 5. The minimum Gasteiger partial charge on any atom is -0.306 e. The van der Waals surface area contributed by atoms with Gasteiger partial charge >= 0.3 is 0 Å². The van der Waals surface area contributed by atoms with E-state index in [0.29, 0.717) is 34.8 Å². The normalized spacial score (nSPS) is 16.3. The number of unbranched alkanes of at least 4 members (excludes halogenated alkanes) is 2. The van der Waals surface area contributed by atoms with Gasteiger partial charge in [-0.15, -0.1) is 11.8 Å². The van der Waals surface area contributed by atoms with E-state index in [2.05, 4.69) is 25.0 Å². The molecule has 0 spiro atoms. The summed E-state index contributed by atoms with van der Waals surface area (Å²) in [4.78, 5) is 29.7. The number of nitrogens with zero attached hydrogens (tertiary/aromatic N) is 3. The molecule has 1 atom stereocenters. The van der Waals surface area contributed by atoms with Gasteiger partial charge in [-0.2, -0.15) is 5.10 Å². The van der Waals surface area contributed by atoms with Gasteiger partial charge in [0.1, 0.15) is 0 Å². The second kappa shape index (κ2) is 9.04. The summed E-state index contributed by atoms with van der Waals surface area (Å²) in [6.07, 6.45) is 3.86. The molecular formula is C24H27N3O2S. The summed E-state index contributed by atoms with van der Waals surface area (Å²) in [6, 6.07) is 15.4. The van der Waals surface area contributed by atoms with E-state index < -0.39 is 0 Å². The third-order valence-electron chi connectivity index (χ3n) is 5.53. The molecule has 2 heterocycles. The van der Waals surface area contributed by atoms with E-state index in [-0.39, 0.29) is 11.5 Å². The van der Waals surface area contributed by atoms with Crippen LogP contribution >= 0.6 is 11.8 Å². The van der Waals surface area contributed by atoms with Gasteiger partial charge in [0.25, 0.3) is 11.5 Å². The fourth-order valence-electron chi connectivity index (χ4n) is 3.88. The number of carbonyl (C=O) groups is 1. The van der Waals surface area contributed by atoms with Gasteiger partial charge in [0.05, 0.1) is 11.1 Å². The first-order chi connectivity index (χ1) is 14.6. The zero-order chi connectivity index (χ0) is 21.1. The Morgan fingerprint density at radius 2 is 1.83 bits per heavy atom. The van der Waals surface area contributed by atoms with E-state index in [9.17, 15) is 9.59 Å². The molecule has 0 saturated carbocycles. The number of hydrogen-bond acceptors (Lipinski definition) is 4. The van der Waals surface area contributed by atoms with Crippen LogP contribution in [0.2, 0.25) is 0 Å². The lowest BCUT2D eigenvalue weighted by molar-refractivity contribution is 0.0981. The molecule has 1 unspecified atom stereocenters. The molecule has 6 heteroatoms. The van der Waals surface area contributed by atoms with Crippen LogP contribution in [-0.2, 0) is 6.54 Å². The molecule has 0 aliphatic carbocycles. The van der Waals surface area contributed by atoms with E-state index in [4.69, 9.17) is 0 Å². The highest BCUT2D eigenvalue weighted by Gasteiger charge is 2.28. The molecule has 1 amide bonds. The van der Waals surface area contributed by atoms with Crippen LogP contribution in [0.3, 0.4) is 0 Å². The monoisotopic (exact) mass is 421 g/mol. The quantitative estimate of drug-likeness (QED) is 0.537. The number of para-hydroxylation sites is 1. The lowest BCUT2D eigenvalue weighted by Gasteiger charge is -2.23. The second-order valence-corrected chi connectivity index (χ2v) is 9.25. The summed E-state index contributed by atoms with van der Waals surface area (Å²) in [5, 5.41) is 6.18. The molecule has 156 valence electrons. The maximum Gasteiger partial charge on any atom is 0.279 e. The van der Waals surface area contributed by atoms with Crippen molar-refractivity contribution in [2.24, 2.45) is 0 Å². The first-order valence-electron chi connectivity index (χ1n) is 10.7. The van der Waals surface area contributed by atoms with Crippen molar-refractivity contribution >= 4 is 34.1 Å². The number of aromatic nitrogens is 2. The Balaban J connectivity index is 1.81. The summed E-state index contributed by atoms with van der Waals surface area (Å²) >= 11 is 1.80. The van der Waals surface area contributed by atoms with Gasteiger partial charge < -0.3 is 4.90 Å². The predicted octanol–water partition coefficient (Wildman–Crippen LogP) is 5.12. The van der Waals surface area contributed by atoms with Crippen molar-refractivity contribution in [2.75, 3.05) is 11.4 Å². The molecule has 0 fully saturated rings. The Morgan fingerprint density at radius 1 is 1.10 bits per heavy atom. The molecule has 0 bridgehead atoms. The van der Waals surface area contributed by atoms with Crippen LogP contribution in [0, 0.1) is 0 Å². The largest absolute Gasteiger partial charge is 0.306 e. The summed E-state index contributed by atoms with van der Waals surface area (Å²) in [5.74, 6) is -0.141. The Bertz CT molecular complexity index is 1120. The van der Waals surface area contributed by atoms with Gasteiger partial charge in [-0.1, -0.05) is 57.0 Å². The third-order valence-corrected chi connectivity index (χ3v) is 6.77. The van der Waals surface area contributed by atoms with E-state index in [1.165, 1.54) is 4.68 Å². The van der Waals surface area contributed by atoms with Crippen LogP contribution in [0.5, 0.6) is 0 Å². The molecular weight excluding hydrogens is 394 g/mol. The van der Waals surface area contributed by atoms with Crippen LogP contribution < -0.4 is 10.5 Å². The minimum atomic E-state index is -0.141. The van der Waals surface area contributed by atoms with Gasteiger partial charge in [-0.05, 0) is 31.0 Å². The average molecular weight is 422 g/mol. The van der Waals surface area contributed by atoms with Crippen molar-refractivity contribution in [1.29, 1.82) is 0 Å². The SMILES string of the molecule is CCCCCn1nc(C(=O)N2CCC(C)Sc3ccccc32)c2ccccc2c1=O. The van der Waals surface area contributed by atoms with Crippen LogP contribution in [0.25, 0.3) is 10.8 Å². The Morgan fingerprint density at radius 3 is 2.63 bits per heavy atom. The molecule has 4 rings (SSSR count). The molecule has 5 nitrogen and oxygen atoms in total. The number of benzene rings is 2. The molecule has 1 aliphatic rings. The summed E-state index contributed by atoms with van der Waals surface area (Å²) in [6.45, 7) is 5.48. The van der Waals surface area contributed by atoms with Gasteiger partial charge in [0.2, 0.25) is 0 Å². The molecule has 30 heavy (non-hydrogen) atoms. The van der Waals surface area contributed by atoms with Crippen molar-refractivity contribution in [3.63, 3.8) is 0 Å². The molecule has 1 aliphatic heterocycles. The van der Waals surface area contributed by atoms with Crippen molar-refractivity contribution < 1.29 is 4.79 Å². The maximum atomic E-state index is 13.8. The zero-order valence-electron chi connectivity index (χ0n) is 17.5. The number of carbonyl (C=O) groups excluding carboxylic acids is 1. The number of hydrogen-bond donors (Lipinski definition) is 0. The Kier molecular flexibility index (Phi) is 6.23. The second-order valence-electron chi connectivity index (χ2n) is 7.77. The van der Waals surface area contributed by atoms with Gasteiger partial charge in [-0.25, -0.2) is 4.68 Å². The van der Waals surface area contributed by atoms with Gasteiger partial charge in [0.15, 0.2) is 5.69 Å². The number of amides is 1. The van der Waals surface area contributed by atoms with Crippen LogP contribution in [0.15, 0.2) is 58.2 Å². The maximum absolute atomic E-state index is 13.8. The molecule has 0 saturated heterocycles. The number of aryl methyl sites for hydroxylation is 1. The van der Waals surface area contributed by atoms with Crippen molar-refractivity contribution in [3.8, 4) is 0 Å². The predicted molar refractivity (Wildman–Crippen MR) is 124 cm³/mol. The van der Waals surface area contributed by atoms with Crippen LogP contribution in [-0.4, -0.2) is 27.5 Å². The van der Waals surface area contributed by atoms with Gasteiger partial charge in [-0.3, -0.25) is 9.59 Å². The number of fused-ring (bicyclic) bond motifs is 2. The molecule has 3 aromatic rings. The highest BCUT2D eigenvalue weighted by molar-refractivity contribution is 8.00. The molecule has 0 radical (unpaired) electrons. The van der Waals surface area contributed by atoms with Crippen molar-refractivity contribution in [2.45, 2.75) is 56.2 Å². The van der Waals surface area contributed by atoms with Crippen LogP contribution in [0.1, 0.15) is 50.0 Å². The van der Waals surface area contributed by atoms with E-state index in [1.807, 2.05) is 41.3 Å². The van der Waals surface area contributed by atoms with Crippen LogP contribution in [0.4, 0.5) is 5.69 Å². The smallest absolute Gasteiger partial charge is 0.279 e. The topological polar surface area (TPSA) is 55.2 Å². The zero-order valence-corrected chi connectivity index (χ0v) is 18.3.